The second kappa shape index (κ2) is 9.23. The molecular weight excluding hydrogens is 424 g/mol. The lowest BCUT2D eigenvalue weighted by atomic mass is 9.97. The molecule has 1 aliphatic heterocycles. The van der Waals surface area contributed by atoms with Crippen LogP contribution < -0.4 is 5.32 Å². The van der Waals surface area contributed by atoms with Gasteiger partial charge in [0.2, 0.25) is 5.91 Å². The summed E-state index contributed by atoms with van der Waals surface area (Å²) in [5.74, 6) is -1.67. The number of carboxylic acid groups (broad SMARTS) is 1. The second-order valence-electron chi connectivity index (χ2n) is 8.55. The molecule has 2 unspecified atom stereocenters. The number of ether oxygens (including phenoxy) is 2. The first kappa shape index (κ1) is 22.8. The van der Waals surface area contributed by atoms with E-state index in [-0.39, 0.29) is 19.1 Å². The number of carbonyl (C=O) groups is 3. The Kier molecular flexibility index (Phi) is 6.37. The van der Waals surface area contributed by atoms with Gasteiger partial charge in [-0.25, -0.2) is 9.59 Å². The van der Waals surface area contributed by atoms with Crippen LogP contribution in [0.25, 0.3) is 11.1 Å². The van der Waals surface area contributed by atoms with Crippen molar-refractivity contribution >= 4 is 18.0 Å². The van der Waals surface area contributed by atoms with Gasteiger partial charge in [-0.05, 0) is 42.0 Å². The molecular formula is C25H28N2O6. The predicted molar refractivity (Wildman–Crippen MR) is 121 cm³/mol. The molecule has 1 aliphatic carbocycles. The van der Waals surface area contributed by atoms with Gasteiger partial charge in [0.05, 0.1) is 6.61 Å². The summed E-state index contributed by atoms with van der Waals surface area (Å²) in [6, 6.07) is 15.1. The Balaban J connectivity index is 1.40. The van der Waals surface area contributed by atoms with Crippen molar-refractivity contribution in [3.63, 3.8) is 0 Å². The summed E-state index contributed by atoms with van der Waals surface area (Å²) in [6.07, 6.45) is 0.142. The van der Waals surface area contributed by atoms with Crippen LogP contribution in [0.2, 0.25) is 0 Å². The fourth-order valence-corrected chi connectivity index (χ4v) is 4.99. The van der Waals surface area contributed by atoms with Crippen LogP contribution in [0.5, 0.6) is 0 Å². The number of hydrogen-bond donors (Lipinski definition) is 2. The number of likely N-dealkylation sites (tertiary alicyclic amines) is 1. The van der Waals surface area contributed by atoms with Crippen molar-refractivity contribution in [3.8, 4) is 11.1 Å². The van der Waals surface area contributed by atoms with Crippen molar-refractivity contribution in [1.29, 1.82) is 0 Å². The highest BCUT2D eigenvalue weighted by atomic mass is 16.5. The standard InChI is InChI=1S/C25H28N2O6/c1-16(22(28)27-13-7-12-25(27,15-32-2)23(29)30)26-24(31)33-14-21-19-10-5-3-8-17(19)18-9-4-6-11-20(18)21/h3-6,8-11,16,21H,7,12-15H2,1-2H3,(H,26,31)(H,29,30). The molecule has 0 saturated carbocycles. The number of methoxy groups -OCH3 is 1. The highest BCUT2D eigenvalue weighted by molar-refractivity contribution is 5.92. The van der Waals surface area contributed by atoms with Gasteiger partial charge in [0.1, 0.15) is 12.6 Å². The number of amides is 2. The van der Waals surface area contributed by atoms with E-state index in [4.69, 9.17) is 9.47 Å². The molecule has 2 aromatic rings. The molecule has 0 bridgehead atoms. The molecule has 8 nitrogen and oxygen atoms in total. The molecule has 174 valence electrons. The van der Waals surface area contributed by atoms with E-state index in [2.05, 4.69) is 17.4 Å². The number of nitrogens with one attached hydrogen (secondary N) is 1. The van der Waals surface area contributed by atoms with Crippen LogP contribution in [0.4, 0.5) is 4.79 Å². The topological polar surface area (TPSA) is 105 Å². The molecule has 4 rings (SSSR count). The Morgan fingerprint density at radius 1 is 1.12 bits per heavy atom. The van der Waals surface area contributed by atoms with Crippen LogP contribution in [0, 0.1) is 0 Å². The van der Waals surface area contributed by atoms with Crippen molar-refractivity contribution < 1.29 is 29.0 Å². The lowest BCUT2D eigenvalue weighted by molar-refractivity contribution is -0.160. The summed E-state index contributed by atoms with van der Waals surface area (Å²) in [6.45, 7) is 1.85. The third kappa shape index (κ3) is 4.06. The van der Waals surface area contributed by atoms with Gasteiger partial charge >= 0.3 is 12.1 Å². The lowest BCUT2D eigenvalue weighted by Crippen LogP contribution is -2.60. The Morgan fingerprint density at radius 2 is 1.73 bits per heavy atom. The zero-order valence-corrected chi connectivity index (χ0v) is 18.7. The van der Waals surface area contributed by atoms with Crippen LogP contribution in [0.1, 0.15) is 36.8 Å². The fourth-order valence-electron chi connectivity index (χ4n) is 4.99. The van der Waals surface area contributed by atoms with E-state index in [0.717, 1.165) is 22.3 Å². The van der Waals surface area contributed by atoms with E-state index in [1.807, 2.05) is 36.4 Å². The zero-order valence-electron chi connectivity index (χ0n) is 18.7. The average molecular weight is 453 g/mol. The first-order chi connectivity index (χ1) is 15.9. The number of aliphatic carboxylic acids is 1. The summed E-state index contributed by atoms with van der Waals surface area (Å²) >= 11 is 0. The number of rotatable bonds is 7. The second-order valence-corrected chi connectivity index (χ2v) is 8.55. The maximum Gasteiger partial charge on any atom is 0.407 e. The molecule has 0 radical (unpaired) electrons. The van der Waals surface area contributed by atoms with E-state index in [1.165, 1.54) is 18.9 Å². The zero-order chi connectivity index (χ0) is 23.6. The molecule has 0 aromatic heterocycles. The third-order valence-electron chi connectivity index (χ3n) is 6.58. The smallest absolute Gasteiger partial charge is 0.407 e. The van der Waals surface area contributed by atoms with Crippen LogP contribution in [0.3, 0.4) is 0 Å². The number of carboxylic acids is 1. The van der Waals surface area contributed by atoms with Crippen LogP contribution >= 0.6 is 0 Å². The summed E-state index contributed by atoms with van der Waals surface area (Å²) < 4.78 is 10.6. The van der Waals surface area contributed by atoms with Crippen molar-refractivity contribution in [2.24, 2.45) is 0 Å². The normalized spacial score (nSPS) is 20.1. The minimum absolute atomic E-state index is 0.0888. The van der Waals surface area contributed by atoms with Crippen molar-refractivity contribution in [2.45, 2.75) is 37.3 Å². The Morgan fingerprint density at radius 3 is 2.30 bits per heavy atom. The van der Waals surface area contributed by atoms with Gasteiger partial charge in [0, 0.05) is 19.6 Å². The largest absolute Gasteiger partial charge is 0.479 e. The van der Waals surface area contributed by atoms with E-state index in [9.17, 15) is 19.5 Å². The van der Waals surface area contributed by atoms with Gasteiger partial charge in [-0.1, -0.05) is 48.5 Å². The van der Waals surface area contributed by atoms with Gasteiger partial charge in [0.15, 0.2) is 5.54 Å². The first-order valence-electron chi connectivity index (χ1n) is 11.0. The third-order valence-corrected chi connectivity index (χ3v) is 6.58. The van der Waals surface area contributed by atoms with E-state index in [1.54, 1.807) is 0 Å². The highest BCUT2D eigenvalue weighted by Gasteiger charge is 2.51. The van der Waals surface area contributed by atoms with Crippen molar-refractivity contribution in [3.05, 3.63) is 59.7 Å². The minimum Gasteiger partial charge on any atom is -0.479 e. The fraction of sp³-hybridized carbons (Fsp3) is 0.400. The molecule has 33 heavy (non-hydrogen) atoms. The number of fused-ring (bicyclic) bond motifs is 3. The highest BCUT2D eigenvalue weighted by Crippen LogP contribution is 2.44. The molecule has 2 N–H and O–H groups in total. The summed E-state index contributed by atoms with van der Waals surface area (Å²) in [7, 11) is 1.41. The van der Waals surface area contributed by atoms with E-state index >= 15 is 0 Å². The first-order valence-corrected chi connectivity index (χ1v) is 11.0. The maximum atomic E-state index is 13.0. The van der Waals surface area contributed by atoms with Crippen LogP contribution in [-0.2, 0) is 19.1 Å². The van der Waals surface area contributed by atoms with Gasteiger partial charge in [-0.3, -0.25) is 4.79 Å². The van der Waals surface area contributed by atoms with Crippen LogP contribution in [-0.4, -0.2) is 66.4 Å². The molecule has 1 fully saturated rings. The minimum atomic E-state index is -1.41. The Hall–Kier alpha value is -3.39. The molecule has 0 spiro atoms. The summed E-state index contributed by atoms with van der Waals surface area (Å²) in [4.78, 5) is 38.8. The quantitative estimate of drug-likeness (QED) is 0.669. The van der Waals surface area contributed by atoms with Crippen molar-refractivity contribution in [2.75, 3.05) is 26.9 Å². The molecule has 1 saturated heterocycles. The number of nitrogens with zero attached hydrogens (tertiary/aromatic N) is 1. The molecule has 8 heteroatoms. The molecule has 2 atom stereocenters. The van der Waals surface area contributed by atoms with E-state index in [0.29, 0.717) is 19.4 Å². The number of hydrogen-bond acceptors (Lipinski definition) is 5. The maximum absolute atomic E-state index is 13.0. The van der Waals surface area contributed by atoms with Crippen molar-refractivity contribution in [1.82, 2.24) is 10.2 Å². The SMILES string of the molecule is COCC1(C(=O)O)CCCN1C(=O)C(C)NC(=O)OCC1c2ccccc2-c2ccccc21. The number of carbonyl (C=O) groups excluding carboxylic acids is 2. The number of alkyl carbamates (subject to hydrolysis) is 1. The van der Waals surface area contributed by atoms with Gasteiger partial charge in [0.25, 0.3) is 0 Å². The van der Waals surface area contributed by atoms with Gasteiger partial charge in [-0.15, -0.1) is 0 Å². The molecule has 2 aliphatic rings. The van der Waals surface area contributed by atoms with Crippen LogP contribution in [0.15, 0.2) is 48.5 Å². The summed E-state index contributed by atoms with van der Waals surface area (Å²) in [5, 5.41) is 12.3. The number of benzene rings is 2. The Labute approximate surface area is 192 Å². The predicted octanol–water partition coefficient (Wildman–Crippen LogP) is 3.01. The van der Waals surface area contributed by atoms with Gasteiger partial charge in [-0.2, -0.15) is 0 Å². The average Bonchev–Trinajstić information content (AvgIpc) is 3.37. The monoisotopic (exact) mass is 452 g/mol. The van der Waals surface area contributed by atoms with E-state index < -0.39 is 29.6 Å². The molecule has 2 amide bonds. The molecule has 1 heterocycles. The lowest BCUT2D eigenvalue weighted by Gasteiger charge is -2.35. The Bertz CT molecular complexity index is 1020. The van der Waals surface area contributed by atoms with Gasteiger partial charge < -0.3 is 24.8 Å². The summed E-state index contributed by atoms with van der Waals surface area (Å²) in [5.41, 5.74) is 3.03. The molecule has 2 aromatic carbocycles.